The number of hydrogen-bond donors (Lipinski definition) is 2. The summed E-state index contributed by atoms with van der Waals surface area (Å²) in [5.41, 5.74) is 7.08. The molecule has 0 saturated carbocycles. The second kappa shape index (κ2) is 5.90. The highest BCUT2D eigenvalue weighted by Crippen LogP contribution is 2.23. The average molecular weight is 266 g/mol. The summed E-state index contributed by atoms with van der Waals surface area (Å²) >= 11 is 0. The number of benzene rings is 1. The molecule has 6 heteroatoms. The van der Waals surface area contributed by atoms with Crippen LogP contribution in [0.5, 0.6) is 0 Å². The molecule has 0 radical (unpaired) electrons. The molecule has 1 saturated heterocycles. The average Bonchev–Trinajstić information content (AvgIpc) is 2.39. The summed E-state index contributed by atoms with van der Waals surface area (Å²) in [5, 5.41) is 8.95. The Morgan fingerprint density at radius 1 is 1.63 bits per heavy atom. The molecule has 1 heterocycles. The quantitative estimate of drug-likeness (QED) is 0.785. The van der Waals surface area contributed by atoms with Crippen molar-refractivity contribution < 1.29 is 19.4 Å². The van der Waals surface area contributed by atoms with Crippen LogP contribution in [0.25, 0.3) is 0 Å². The topological polar surface area (TPSA) is 85.0 Å². The van der Waals surface area contributed by atoms with E-state index in [0.717, 1.165) is 12.2 Å². The number of carboxylic acid groups (broad SMARTS) is 1. The molecule has 19 heavy (non-hydrogen) atoms. The van der Waals surface area contributed by atoms with Gasteiger partial charge in [0.05, 0.1) is 24.9 Å². The number of carboxylic acids is 1. The summed E-state index contributed by atoms with van der Waals surface area (Å²) < 4.78 is 10.7. The molecule has 0 aromatic heterocycles. The number of nitrogen functional groups attached to an aromatic ring is 1. The number of rotatable bonds is 4. The van der Waals surface area contributed by atoms with E-state index in [1.165, 1.54) is 6.07 Å². The van der Waals surface area contributed by atoms with Gasteiger partial charge in [-0.25, -0.2) is 4.79 Å². The Labute approximate surface area is 111 Å². The highest BCUT2D eigenvalue weighted by Gasteiger charge is 2.21. The van der Waals surface area contributed by atoms with Crippen LogP contribution in [0.1, 0.15) is 10.4 Å². The molecule has 0 spiro atoms. The predicted molar refractivity (Wildman–Crippen MR) is 71.6 cm³/mol. The third kappa shape index (κ3) is 3.15. The molecule has 0 amide bonds. The summed E-state index contributed by atoms with van der Waals surface area (Å²) in [5.74, 6) is -1.01. The first kappa shape index (κ1) is 13.6. The van der Waals surface area contributed by atoms with Crippen LogP contribution in [0.15, 0.2) is 18.2 Å². The van der Waals surface area contributed by atoms with E-state index >= 15 is 0 Å². The van der Waals surface area contributed by atoms with Gasteiger partial charge in [-0.15, -0.1) is 0 Å². The maximum absolute atomic E-state index is 10.9. The molecule has 1 aromatic rings. The molecule has 6 nitrogen and oxygen atoms in total. The summed E-state index contributed by atoms with van der Waals surface area (Å²) in [6.07, 6.45) is 0.0270. The zero-order valence-electron chi connectivity index (χ0n) is 10.8. The van der Waals surface area contributed by atoms with Gasteiger partial charge in [0.25, 0.3) is 0 Å². The summed E-state index contributed by atoms with van der Waals surface area (Å²) in [6, 6.07) is 5.00. The molecule has 1 aromatic carbocycles. The Balaban J connectivity index is 2.13. The fourth-order valence-corrected chi connectivity index (χ4v) is 2.18. The molecular formula is C13H18N2O4. The molecular weight excluding hydrogens is 248 g/mol. The minimum Gasteiger partial charge on any atom is -0.478 e. The van der Waals surface area contributed by atoms with Crippen molar-refractivity contribution in [2.75, 3.05) is 44.0 Å². The van der Waals surface area contributed by atoms with Crippen LogP contribution < -0.4 is 10.6 Å². The van der Waals surface area contributed by atoms with Crippen molar-refractivity contribution in [2.45, 2.75) is 6.10 Å². The Hall–Kier alpha value is -1.79. The highest BCUT2D eigenvalue weighted by atomic mass is 16.5. The third-order valence-electron chi connectivity index (χ3n) is 3.12. The van der Waals surface area contributed by atoms with Gasteiger partial charge < -0.3 is 25.2 Å². The van der Waals surface area contributed by atoms with Gasteiger partial charge in [-0.05, 0) is 18.2 Å². The second-order valence-electron chi connectivity index (χ2n) is 4.47. The standard InChI is InChI=1S/C13H18N2O4/c1-18-8-10-7-15(4-5-19-10)9-2-3-11(13(16)17)12(14)6-9/h2-3,6,10H,4-5,7-8,14H2,1H3,(H,16,17)/t10-/m1/s1. The number of carbonyl (C=O) groups is 1. The van der Waals surface area contributed by atoms with Crippen LogP contribution >= 0.6 is 0 Å². The van der Waals surface area contributed by atoms with Crippen LogP contribution in [0.4, 0.5) is 11.4 Å². The third-order valence-corrected chi connectivity index (χ3v) is 3.12. The Morgan fingerprint density at radius 3 is 3.05 bits per heavy atom. The van der Waals surface area contributed by atoms with E-state index in [1.54, 1.807) is 19.2 Å². The van der Waals surface area contributed by atoms with E-state index in [0.29, 0.717) is 19.8 Å². The number of anilines is 2. The van der Waals surface area contributed by atoms with Gasteiger partial charge in [0.2, 0.25) is 0 Å². The normalized spacial score (nSPS) is 19.4. The maximum atomic E-state index is 10.9. The first-order valence-electron chi connectivity index (χ1n) is 6.10. The van der Waals surface area contributed by atoms with Gasteiger partial charge in [0.1, 0.15) is 0 Å². The monoisotopic (exact) mass is 266 g/mol. The van der Waals surface area contributed by atoms with Crippen molar-refractivity contribution in [3.63, 3.8) is 0 Å². The molecule has 0 unspecified atom stereocenters. The van der Waals surface area contributed by atoms with Gasteiger partial charge >= 0.3 is 5.97 Å². The lowest BCUT2D eigenvalue weighted by molar-refractivity contribution is -0.0100. The number of aromatic carboxylic acids is 1. The summed E-state index contributed by atoms with van der Waals surface area (Å²) in [7, 11) is 1.64. The predicted octanol–water partition coefficient (Wildman–Crippen LogP) is 0.819. The van der Waals surface area contributed by atoms with Crippen molar-refractivity contribution >= 4 is 17.3 Å². The van der Waals surface area contributed by atoms with Crippen LogP contribution in [0, 0.1) is 0 Å². The van der Waals surface area contributed by atoms with E-state index < -0.39 is 5.97 Å². The van der Waals surface area contributed by atoms with Crippen LogP contribution in [0.3, 0.4) is 0 Å². The first-order valence-corrected chi connectivity index (χ1v) is 6.10. The minimum atomic E-state index is -1.01. The number of methoxy groups -OCH3 is 1. The van der Waals surface area contributed by atoms with Gasteiger partial charge in [0.15, 0.2) is 0 Å². The van der Waals surface area contributed by atoms with Gasteiger partial charge in [-0.1, -0.05) is 0 Å². The lowest BCUT2D eigenvalue weighted by atomic mass is 10.1. The van der Waals surface area contributed by atoms with Crippen molar-refractivity contribution in [1.82, 2.24) is 0 Å². The van der Waals surface area contributed by atoms with Crippen molar-refractivity contribution in [3.05, 3.63) is 23.8 Å². The van der Waals surface area contributed by atoms with E-state index in [2.05, 4.69) is 4.90 Å². The number of nitrogens with zero attached hydrogens (tertiary/aromatic N) is 1. The lowest BCUT2D eigenvalue weighted by Gasteiger charge is -2.34. The number of morpholine rings is 1. The Kier molecular flexibility index (Phi) is 4.24. The maximum Gasteiger partial charge on any atom is 0.337 e. The lowest BCUT2D eigenvalue weighted by Crippen LogP contribution is -2.44. The minimum absolute atomic E-state index is 0.0270. The van der Waals surface area contributed by atoms with E-state index in [9.17, 15) is 4.79 Å². The molecule has 1 aliphatic heterocycles. The van der Waals surface area contributed by atoms with Gasteiger partial charge in [-0.3, -0.25) is 0 Å². The van der Waals surface area contributed by atoms with Crippen LogP contribution in [-0.2, 0) is 9.47 Å². The zero-order chi connectivity index (χ0) is 13.8. The zero-order valence-corrected chi connectivity index (χ0v) is 10.8. The molecule has 0 bridgehead atoms. The Morgan fingerprint density at radius 2 is 2.42 bits per heavy atom. The van der Waals surface area contributed by atoms with E-state index in [1.807, 2.05) is 0 Å². The van der Waals surface area contributed by atoms with Crippen LogP contribution in [-0.4, -0.2) is 50.6 Å². The molecule has 2 rings (SSSR count). The second-order valence-corrected chi connectivity index (χ2v) is 4.47. The fourth-order valence-electron chi connectivity index (χ4n) is 2.18. The van der Waals surface area contributed by atoms with Crippen LogP contribution in [0.2, 0.25) is 0 Å². The number of nitrogens with two attached hydrogens (primary N) is 1. The molecule has 1 fully saturated rings. The number of ether oxygens (including phenoxy) is 2. The van der Waals surface area contributed by atoms with Crippen molar-refractivity contribution in [3.8, 4) is 0 Å². The van der Waals surface area contributed by atoms with Gasteiger partial charge in [-0.2, -0.15) is 0 Å². The van der Waals surface area contributed by atoms with Gasteiger partial charge in [0, 0.05) is 31.6 Å². The van der Waals surface area contributed by atoms with Crippen molar-refractivity contribution in [1.29, 1.82) is 0 Å². The fraction of sp³-hybridized carbons (Fsp3) is 0.462. The molecule has 3 N–H and O–H groups in total. The van der Waals surface area contributed by atoms with E-state index in [-0.39, 0.29) is 17.4 Å². The summed E-state index contributed by atoms with van der Waals surface area (Å²) in [6.45, 7) is 2.62. The number of hydrogen-bond acceptors (Lipinski definition) is 5. The molecule has 1 atom stereocenters. The first-order chi connectivity index (χ1) is 9.11. The largest absolute Gasteiger partial charge is 0.478 e. The Bertz CT molecular complexity index is 462. The molecule has 0 aliphatic carbocycles. The SMILES string of the molecule is COC[C@H]1CN(c2ccc(C(=O)O)c(N)c2)CCO1. The van der Waals surface area contributed by atoms with E-state index in [4.69, 9.17) is 20.3 Å². The molecule has 104 valence electrons. The smallest absolute Gasteiger partial charge is 0.337 e. The highest BCUT2D eigenvalue weighted by molar-refractivity contribution is 5.94. The summed E-state index contributed by atoms with van der Waals surface area (Å²) in [4.78, 5) is 13.0. The molecule has 1 aliphatic rings. The van der Waals surface area contributed by atoms with Crippen molar-refractivity contribution in [2.24, 2.45) is 0 Å².